The molecule has 0 bridgehead atoms. The molecular formula is C20H16FN7. The minimum absolute atomic E-state index is 0.172. The Balaban J connectivity index is 1.62. The minimum Gasteiger partial charge on any atom is -0.360 e. The van der Waals surface area contributed by atoms with Crippen molar-refractivity contribution in [2.24, 2.45) is 0 Å². The molecule has 8 heteroatoms. The Morgan fingerprint density at radius 3 is 2.79 bits per heavy atom. The first-order valence-corrected chi connectivity index (χ1v) is 8.84. The zero-order chi connectivity index (χ0) is 19.1. The van der Waals surface area contributed by atoms with Gasteiger partial charge in [0.1, 0.15) is 23.3 Å². The highest BCUT2D eigenvalue weighted by atomic mass is 19.1. The highest BCUT2D eigenvalue weighted by molar-refractivity contribution is 5.82. The number of hydrogen-bond donors (Lipinski definition) is 2. The van der Waals surface area contributed by atoms with E-state index in [9.17, 15) is 4.39 Å². The van der Waals surface area contributed by atoms with Crippen molar-refractivity contribution in [1.29, 1.82) is 0 Å². The number of anilines is 1. The molecule has 1 atom stereocenters. The van der Waals surface area contributed by atoms with Gasteiger partial charge in [0.05, 0.1) is 23.8 Å². The summed E-state index contributed by atoms with van der Waals surface area (Å²) in [6.07, 6.45) is 5.03. The Morgan fingerprint density at radius 1 is 1.07 bits per heavy atom. The molecule has 5 rings (SSSR count). The number of aromatic nitrogens is 6. The van der Waals surface area contributed by atoms with Gasteiger partial charge in [-0.15, -0.1) is 0 Å². The van der Waals surface area contributed by atoms with E-state index < -0.39 is 0 Å². The predicted octanol–water partition coefficient (Wildman–Crippen LogP) is 3.98. The van der Waals surface area contributed by atoms with E-state index >= 15 is 0 Å². The third-order valence-electron chi connectivity index (χ3n) is 4.66. The number of hydrogen-bond acceptors (Lipinski definition) is 5. The van der Waals surface area contributed by atoms with Gasteiger partial charge in [0.2, 0.25) is 0 Å². The first-order valence-electron chi connectivity index (χ1n) is 8.84. The van der Waals surface area contributed by atoms with Crippen molar-refractivity contribution < 1.29 is 4.39 Å². The van der Waals surface area contributed by atoms with E-state index in [1.807, 2.05) is 35.7 Å². The monoisotopic (exact) mass is 373 g/mol. The highest BCUT2D eigenvalue weighted by Crippen LogP contribution is 2.31. The zero-order valence-corrected chi connectivity index (χ0v) is 15.0. The summed E-state index contributed by atoms with van der Waals surface area (Å²) in [4.78, 5) is 20.6. The van der Waals surface area contributed by atoms with Crippen LogP contribution >= 0.6 is 0 Å². The van der Waals surface area contributed by atoms with Crippen LogP contribution in [0.1, 0.15) is 18.7 Å². The van der Waals surface area contributed by atoms with Gasteiger partial charge < -0.3 is 10.3 Å². The Bertz CT molecular complexity index is 1270. The minimum atomic E-state index is -0.271. The summed E-state index contributed by atoms with van der Waals surface area (Å²) in [6.45, 7) is 2.01. The first kappa shape index (κ1) is 16.4. The van der Waals surface area contributed by atoms with Crippen LogP contribution in [0.5, 0.6) is 0 Å². The number of benzene rings is 1. The molecule has 4 heterocycles. The van der Waals surface area contributed by atoms with Crippen LogP contribution < -0.4 is 5.32 Å². The normalized spacial score (nSPS) is 12.5. The lowest BCUT2D eigenvalue weighted by Crippen LogP contribution is -2.10. The number of H-pyrrole nitrogens is 1. The second kappa shape index (κ2) is 6.41. The van der Waals surface area contributed by atoms with Gasteiger partial charge in [0.15, 0.2) is 11.5 Å². The maximum atomic E-state index is 13.4. The van der Waals surface area contributed by atoms with E-state index in [0.717, 1.165) is 22.6 Å². The second-order valence-electron chi connectivity index (χ2n) is 6.47. The van der Waals surface area contributed by atoms with Crippen LogP contribution in [0.25, 0.3) is 28.1 Å². The molecule has 0 saturated heterocycles. The molecule has 0 aliphatic rings. The SMILES string of the molecule is CC(Nc1ncnc2[nH]cnc12)c1nc2ccccn2c1-c1ccc(F)cc1. The third-order valence-corrected chi connectivity index (χ3v) is 4.66. The van der Waals surface area contributed by atoms with Gasteiger partial charge >= 0.3 is 0 Å². The smallest absolute Gasteiger partial charge is 0.162 e. The van der Waals surface area contributed by atoms with E-state index in [0.29, 0.717) is 17.0 Å². The molecule has 1 aromatic carbocycles. The van der Waals surface area contributed by atoms with Crippen LogP contribution in [0.2, 0.25) is 0 Å². The quantitative estimate of drug-likeness (QED) is 0.498. The van der Waals surface area contributed by atoms with Crippen LogP contribution in [0.4, 0.5) is 10.2 Å². The van der Waals surface area contributed by atoms with Gasteiger partial charge in [-0.25, -0.2) is 24.3 Å². The molecule has 0 aliphatic heterocycles. The molecular weight excluding hydrogens is 357 g/mol. The molecule has 4 aromatic heterocycles. The van der Waals surface area contributed by atoms with Crippen LogP contribution in [0.15, 0.2) is 61.3 Å². The van der Waals surface area contributed by atoms with Crippen LogP contribution in [-0.2, 0) is 0 Å². The van der Waals surface area contributed by atoms with Crippen molar-refractivity contribution in [3.05, 3.63) is 72.8 Å². The van der Waals surface area contributed by atoms with Crippen molar-refractivity contribution >= 4 is 22.6 Å². The van der Waals surface area contributed by atoms with Crippen LogP contribution in [0.3, 0.4) is 0 Å². The van der Waals surface area contributed by atoms with Crippen LogP contribution in [0, 0.1) is 5.82 Å². The lowest BCUT2D eigenvalue weighted by Gasteiger charge is -2.15. The number of pyridine rings is 1. The van der Waals surface area contributed by atoms with Crippen molar-refractivity contribution in [1.82, 2.24) is 29.3 Å². The number of halogens is 1. The number of imidazole rings is 2. The van der Waals surface area contributed by atoms with Crippen molar-refractivity contribution in [3.63, 3.8) is 0 Å². The molecule has 0 aliphatic carbocycles. The summed E-state index contributed by atoms with van der Waals surface area (Å²) < 4.78 is 15.5. The largest absolute Gasteiger partial charge is 0.360 e. The summed E-state index contributed by atoms with van der Waals surface area (Å²) in [5.74, 6) is 0.355. The summed E-state index contributed by atoms with van der Waals surface area (Å²) in [5, 5.41) is 3.39. The molecule has 0 fully saturated rings. The first-order chi connectivity index (χ1) is 13.7. The molecule has 2 N–H and O–H groups in total. The van der Waals surface area contributed by atoms with Crippen molar-refractivity contribution in [3.8, 4) is 11.3 Å². The fraction of sp³-hybridized carbons (Fsp3) is 0.100. The molecule has 0 spiro atoms. The molecule has 7 nitrogen and oxygen atoms in total. The third kappa shape index (κ3) is 2.66. The average Bonchev–Trinajstić information content (AvgIpc) is 3.34. The Hall–Kier alpha value is -3.81. The van der Waals surface area contributed by atoms with Gasteiger partial charge in [-0.05, 0) is 43.3 Å². The molecule has 0 amide bonds. The second-order valence-corrected chi connectivity index (χ2v) is 6.47. The molecule has 28 heavy (non-hydrogen) atoms. The maximum absolute atomic E-state index is 13.4. The summed E-state index contributed by atoms with van der Waals surface area (Å²) in [6, 6.07) is 12.1. The van der Waals surface area contributed by atoms with E-state index in [1.165, 1.54) is 18.5 Å². The summed E-state index contributed by atoms with van der Waals surface area (Å²) in [5.41, 5.74) is 4.78. The fourth-order valence-corrected chi connectivity index (χ4v) is 3.35. The van der Waals surface area contributed by atoms with Gasteiger partial charge in [-0.3, -0.25) is 4.40 Å². The summed E-state index contributed by atoms with van der Waals surface area (Å²) in [7, 11) is 0. The van der Waals surface area contributed by atoms with Crippen LogP contribution in [-0.4, -0.2) is 29.3 Å². The standard InChI is InChI=1S/C20H16FN7/c1-12(26-20-17-19(23-10-22-17)24-11-25-20)16-18(13-5-7-14(21)8-6-13)28-9-3-2-4-15(28)27-16/h2-12H,1H3,(H2,22,23,24,25,26). The van der Waals surface area contributed by atoms with E-state index in [4.69, 9.17) is 4.98 Å². The zero-order valence-electron chi connectivity index (χ0n) is 15.0. The topological polar surface area (TPSA) is 83.8 Å². The fourth-order valence-electron chi connectivity index (χ4n) is 3.35. The lowest BCUT2D eigenvalue weighted by atomic mass is 10.1. The summed E-state index contributed by atoms with van der Waals surface area (Å²) >= 11 is 0. The van der Waals surface area contributed by atoms with Gasteiger partial charge in [0.25, 0.3) is 0 Å². The average molecular weight is 373 g/mol. The Kier molecular flexibility index (Phi) is 3.75. The maximum Gasteiger partial charge on any atom is 0.162 e. The van der Waals surface area contributed by atoms with Crippen molar-refractivity contribution in [2.75, 3.05) is 5.32 Å². The van der Waals surface area contributed by atoms with E-state index in [-0.39, 0.29) is 11.9 Å². The Morgan fingerprint density at radius 2 is 1.93 bits per heavy atom. The van der Waals surface area contributed by atoms with Crippen molar-refractivity contribution in [2.45, 2.75) is 13.0 Å². The van der Waals surface area contributed by atoms with E-state index in [2.05, 4.69) is 25.3 Å². The molecule has 0 radical (unpaired) electrons. The molecule has 5 aromatic rings. The van der Waals surface area contributed by atoms with Gasteiger partial charge in [0, 0.05) is 11.8 Å². The lowest BCUT2D eigenvalue weighted by molar-refractivity contribution is 0.628. The molecule has 138 valence electrons. The molecule has 0 saturated carbocycles. The number of fused-ring (bicyclic) bond motifs is 2. The van der Waals surface area contributed by atoms with E-state index in [1.54, 1.807) is 18.5 Å². The number of aromatic amines is 1. The number of nitrogens with zero attached hydrogens (tertiary/aromatic N) is 5. The molecule has 1 unspecified atom stereocenters. The highest BCUT2D eigenvalue weighted by Gasteiger charge is 2.20. The van der Waals surface area contributed by atoms with Gasteiger partial charge in [-0.2, -0.15) is 0 Å². The number of rotatable bonds is 4. The predicted molar refractivity (Wildman–Crippen MR) is 104 cm³/mol. The number of nitrogens with one attached hydrogen (secondary N) is 2. The Labute approximate surface area is 159 Å². The van der Waals surface area contributed by atoms with Gasteiger partial charge in [-0.1, -0.05) is 6.07 Å².